The first-order valence-electron chi connectivity index (χ1n) is 9.75. The lowest BCUT2D eigenvalue weighted by Gasteiger charge is -2.14. The van der Waals surface area contributed by atoms with Crippen LogP contribution < -0.4 is 5.32 Å². The first kappa shape index (κ1) is 19.7. The number of carbonyl (C=O) groups excluding carboxylic acids is 1. The predicted molar refractivity (Wildman–Crippen MR) is 110 cm³/mol. The number of fused-ring (bicyclic) bond motifs is 1. The number of aryl methyl sites for hydroxylation is 1. The maximum atomic E-state index is 12.9. The summed E-state index contributed by atoms with van der Waals surface area (Å²) in [7, 11) is 0. The van der Waals surface area contributed by atoms with Crippen molar-refractivity contribution in [2.75, 3.05) is 0 Å². The van der Waals surface area contributed by atoms with Gasteiger partial charge in [-0.1, -0.05) is 68.3 Å². The van der Waals surface area contributed by atoms with Crippen molar-refractivity contribution < 1.29 is 14.7 Å². The third-order valence-electron chi connectivity index (χ3n) is 4.92. The molecule has 5 nitrogen and oxygen atoms in total. The van der Waals surface area contributed by atoms with Gasteiger partial charge in [-0.15, -0.1) is 0 Å². The van der Waals surface area contributed by atoms with Gasteiger partial charge in [-0.05, 0) is 18.1 Å². The van der Waals surface area contributed by atoms with Crippen LogP contribution in [0.15, 0.2) is 60.8 Å². The van der Waals surface area contributed by atoms with E-state index in [1.807, 2.05) is 60.8 Å². The second-order valence-electron chi connectivity index (χ2n) is 7.01. The van der Waals surface area contributed by atoms with Crippen molar-refractivity contribution in [2.24, 2.45) is 0 Å². The summed E-state index contributed by atoms with van der Waals surface area (Å²) in [6, 6.07) is 16.1. The van der Waals surface area contributed by atoms with Gasteiger partial charge in [0.2, 0.25) is 0 Å². The predicted octanol–water partition coefficient (Wildman–Crippen LogP) is 4.26. The first-order chi connectivity index (χ1) is 13.6. The highest BCUT2D eigenvalue weighted by atomic mass is 16.4. The maximum absolute atomic E-state index is 12.9. The summed E-state index contributed by atoms with van der Waals surface area (Å²) in [5, 5.41) is 13.1. The van der Waals surface area contributed by atoms with Crippen molar-refractivity contribution in [3.8, 4) is 0 Å². The summed E-state index contributed by atoms with van der Waals surface area (Å²) in [5.41, 5.74) is 2.39. The van der Waals surface area contributed by atoms with E-state index >= 15 is 0 Å². The lowest BCUT2D eigenvalue weighted by molar-refractivity contribution is -0.139. The Balaban J connectivity index is 1.82. The number of carboxylic acids is 1. The summed E-state index contributed by atoms with van der Waals surface area (Å²) in [4.78, 5) is 24.6. The van der Waals surface area contributed by atoms with E-state index in [-0.39, 0.29) is 12.3 Å². The van der Waals surface area contributed by atoms with Crippen molar-refractivity contribution in [3.63, 3.8) is 0 Å². The summed E-state index contributed by atoms with van der Waals surface area (Å²) in [5.74, 6) is -1.39. The van der Waals surface area contributed by atoms with Crippen molar-refractivity contribution in [1.82, 2.24) is 9.88 Å². The van der Waals surface area contributed by atoms with E-state index in [4.69, 9.17) is 0 Å². The number of nitrogens with zero attached hydrogens (tertiary/aromatic N) is 1. The average Bonchev–Trinajstić information content (AvgIpc) is 3.07. The molecule has 1 heterocycles. The minimum Gasteiger partial charge on any atom is -0.480 e. The highest BCUT2D eigenvalue weighted by molar-refractivity contribution is 6.07. The number of rotatable bonds is 9. The Morgan fingerprint density at radius 2 is 1.75 bits per heavy atom. The first-order valence-corrected chi connectivity index (χ1v) is 9.75. The average molecular weight is 378 g/mol. The smallest absolute Gasteiger partial charge is 0.326 e. The highest BCUT2D eigenvalue weighted by Crippen LogP contribution is 2.22. The van der Waals surface area contributed by atoms with Crippen LogP contribution in [0.5, 0.6) is 0 Å². The van der Waals surface area contributed by atoms with Gasteiger partial charge >= 0.3 is 5.97 Å². The van der Waals surface area contributed by atoms with Crippen LogP contribution in [0.2, 0.25) is 0 Å². The van der Waals surface area contributed by atoms with E-state index in [1.54, 1.807) is 0 Å². The number of hydrogen-bond donors (Lipinski definition) is 2. The van der Waals surface area contributed by atoms with E-state index in [9.17, 15) is 14.7 Å². The maximum Gasteiger partial charge on any atom is 0.326 e. The van der Waals surface area contributed by atoms with Gasteiger partial charge in [-0.25, -0.2) is 4.79 Å². The molecule has 0 aliphatic carbocycles. The molecule has 28 heavy (non-hydrogen) atoms. The molecule has 0 aliphatic rings. The molecule has 0 radical (unpaired) electrons. The quantitative estimate of drug-likeness (QED) is 0.547. The van der Waals surface area contributed by atoms with E-state index in [2.05, 4.69) is 16.8 Å². The second-order valence-corrected chi connectivity index (χ2v) is 7.01. The van der Waals surface area contributed by atoms with Crippen molar-refractivity contribution in [1.29, 1.82) is 0 Å². The van der Waals surface area contributed by atoms with Gasteiger partial charge in [0.1, 0.15) is 6.04 Å². The molecular weight excluding hydrogens is 352 g/mol. The summed E-state index contributed by atoms with van der Waals surface area (Å²) in [6.45, 7) is 3.00. The summed E-state index contributed by atoms with van der Waals surface area (Å²) >= 11 is 0. The van der Waals surface area contributed by atoms with Crippen molar-refractivity contribution in [3.05, 3.63) is 71.9 Å². The van der Waals surface area contributed by atoms with Crippen molar-refractivity contribution in [2.45, 2.75) is 45.2 Å². The third-order valence-corrected chi connectivity index (χ3v) is 4.92. The fraction of sp³-hybridized carbons (Fsp3) is 0.304. The molecule has 0 fully saturated rings. The third kappa shape index (κ3) is 4.60. The van der Waals surface area contributed by atoms with Gasteiger partial charge in [-0.3, -0.25) is 4.79 Å². The molecule has 146 valence electrons. The lowest BCUT2D eigenvalue weighted by atomic mass is 10.1. The van der Waals surface area contributed by atoms with Gasteiger partial charge in [0.05, 0.1) is 5.56 Å². The van der Waals surface area contributed by atoms with Crippen LogP contribution in [0, 0.1) is 0 Å². The molecule has 0 bridgehead atoms. The highest BCUT2D eigenvalue weighted by Gasteiger charge is 2.23. The molecule has 1 aromatic heterocycles. The Kier molecular flexibility index (Phi) is 6.48. The van der Waals surface area contributed by atoms with Gasteiger partial charge in [0.15, 0.2) is 0 Å². The normalized spacial score (nSPS) is 12.0. The van der Waals surface area contributed by atoms with E-state index in [0.29, 0.717) is 5.56 Å². The zero-order valence-electron chi connectivity index (χ0n) is 16.1. The Hall–Kier alpha value is -3.08. The monoisotopic (exact) mass is 378 g/mol. The van der Waals surface area contributed by atoms with Crippen LogP contribution in [0.4, 0.5) is 0 Å². The molecule has 5 heteroatoms. The molecule has 2 aromatic carbocycles. The van der Waals surface area contributed by atoms with E-state index in [1.165, 1.54) is 0 Å². The van der Waals surface area contributed by atoms with Gasteiger partial charge in [0.25, 0.3) is 5.91 Å². The molecule has 0 saturated heterocycles. The van der Waals surface area contributed by atoms with E-state index < -0.39 is 12.0 Å². The molecule has 1 atom stereocenters. The number of nitrogens with one attached hydrogen (secondary N) is 1. The topological polar surface area (TPSA) is 71.3 Å². The van der Waals surface area contributed by atoms with Crippen molar-refractivity contribution >= 4 is 22.8 Å². The minimum absolute atomic E-state index is 0.247. The fourth-order valence-electron chi connectivity index (χ4n) is 3.43. The largest absolute Gasteiger partial charge is 0.480 e. The molecule has 3 aromatic rings. The number of para-hydroxylation sites is 1. The molecular formula is C23H26N2O3. The Morgan fingerprint density at radius 1 is 1.04 bits per heavy atom. The van der Waals surface area contributed by atoms with Gasteiger partial charge in [0, 0.05) is 30.1 Å². The number of carbonyl (C=O) groups is 2. The van der Waals surface area contributed by atoms with Gasteiger partial charge in [-0.2, -0.15) is 0 Å². The summed E-state index contributed by atoms with van der Waals surface area (Å²) in [6.07, 6.45) is 5.40. The molecule has 0 spiro atoms. The Bertz CT molecular complexity index is 947. The number of hydrogen-bond acceptors (Lipinski definition) is 2. The fourth-order valence-corrected chi connectivity index (χ4v) is 3.43. The number of benzene rings is 2. The number of carboxylic acid groups (broad SMARTS) is 1. The van der Waals surface area contributed by atoms with Crippen LogP contribution in [0.3, 0.4) is 0 Å². The number of aromatic nitrogens is 1. The number of amides is 1. The zero-order chi connectivity index (χ0) is 19.9. The SMILES string of the molecule is CCCCCn1cc(C(=O)N[C@@H](Cc2ccccc2)C(=O)O)c2ccccc21. The zero-order valence-corrected chi connectivity index (χ0v) is 16.1. The van der Waals surface area contributed by atoms with Crippen LogP contribution in [0.1, 0.15) is 42.1 Å². The van der Waals surface area contributed by atoms with Crippen LogP contribution in [0.25, 0.3) is 10.9 Å². The summed E-state index contributed by atoms with van der Waals surface area (Å²) < 4.78 is 2.09. The molecule has 2 N–H and O–H groups in total. The molecule has 0 saturated carbocycles. The van der Waals surface area contributed by atoms with Crippen LogP contribution in [-0.4, -0.2) is 27.6 Å². The Morgan fingerprint density at radius 3 is 2.46 bits per heavy atom. The lowest BCUT2D eigenvalue weighted by Crippen LogP contribution is -2.42. The standard InChI is InChI=1S/C23H26N2O3/c1-2-3-9-14-25-16-19(18-12-7-8-13-21(18)25)22(26)24-20(23(27)28)15-17-10-5-4-6-11-17/h4-8,10-13,16,20H,2-3,9,14-15H2,1H3,(H,24,26)(H,27,28)/t20-/m0/s1. The van der Waals surface area contributed by atoms with Crippen LogP contribution >= 0.6 is 0 Å². The molecule has 0 aliphatic heterocycles. The molecule has 3 rings (SSSR count). The molecule has 0 unspecified atom stereocenters. The number of unbranched alkanes of at least 4 members (excludes halogenated alkanes) is 2. The van der Waals surface area contributed by atoms with Crippen LogP contribution in [-0.2, 0) is 17.8 Å². The van der Waals surface area contributed by atoms with E-state index in [0.717, 1.165) is 42.3 Å². The second kappa shape index (κ2) is 9.22. The Labute approximate surface area is 165 Å². The molecule has 1 amide bonds. The van der Waals surface area contributed by atoms with Gasteiger partial charge < -0.3 is 15.0 Å². The minimum atomic E-state index is -1.04. The number of aliphatic carboxylic acids is 1.